The monoisotopic (exact) mass is 383 g/mol. The van der Waals surface area contributed by atoms with Gasteiger partial charge in [0.1, 0.15) is 6.61 Å². The van der Waals surface area contributed by atoms with Crippen LogP contribution in [0.15, 0.2) is 28.8 Å². The predicted octanol–water partition coefficient (Wildman–Crippen LogP) is 3.38. The number of aromatic nitrogens is 1. The van der Waals surface area contributed by atoms with Crippen LogP contribution < -0.4 is 10.1 Å². The summed E-state index contributed by atoms with van der Waals surface area (Å²) in [5, 5.41) is 7.82. The van der Waals surface area contributed by atoms with Gasteiger partial charge in [0.2, 0.25) is 0 Å². The largest absolute Gasteiger partial charge is 0.482 e. The summed E-state index contributed by atoms with van der Waals surface area (Å²) in [7, 11) is 1.88. The van der Waals surface area contributed by atoms with Crippen molar-refractivity contribution in [2.45, 2.75) is 25.5 Å². The van der Waals surface area contributed by atoms with E-state index in [1.807, 2.05) is 11.9 Å². The lowest BCUT2D eigenvalue weighted by Gasteiger charge is -2.23. The number of amides is 1. The second kappa shape index (κ2) is 8.08. The molecule has 2 heterocycles. The van der Waals surface area contributed by atoms with Gasteiger partial charge in [-0.15, -0.1) is 0 Å². The number of ether oxygens (including phenoxy) is 1. The molecule has 0 radical (unpaired) electrons. The fourth-order valence-electron chi connectivity index (χ4n) is 2.94. The maximum Gasteiger partial charge on any atom is 0.276 e. The Balaban J connectivity index is 1.65. The van der Waals surface area contributed by atoms with Crippen LogP contribution in [0.4, 0.5) is 0 Å². The van der Waals surface area contributed by atoms with E-state index in [0.29, 0.717) is 21.6 Å². The minimum Gasteiger partial charge on any atom is -0.482 e. The number of carbonyl (C=O) groups excluding carboxylic acids is 1. The molecule has 0 aliphatic carbocycles. The zero-order valence-corrected chi connectivity index (χ0v) is 15.3. The molecule has 6 nitrogen and oxygen atoms in total. The van der Waals surface area contributed by atoms with Crippen LogP contribution in [0.5, 0.6) is 5.75 Å². The normalized spacial score (nSPS) is 17.1. The number of benzene rings is 1. The fraction of sp³-hybridized carbons (Fsp3) is 0.412. The summed E-state index contributed by atoms with van der Waals surface area (Å²) >= 11 is 12.1. The van der Waals surface area contributed by atoms with Gasteiger partial charge in [-0.05, 0) is 32.0 Å². The number of halogens is 2. The quantitative estimate of drug-likeness (QED) is 0.827. The molecule has 0 saturated carbocycles. The molecule has 1 fully saturated rings. The second-order valence-corrected chi connectivity index (χ2v) is 6.68. The van der Waals surface area contributed by atoms with Crippen LogP contribution in [0.3, 0.4) is 0 Å². The van der Waals surface area contributed by atoms with Crippen molar-refractivity contribution in [1.29, 1.82) is 0 Å². The smallest absolute Gasteiger partial charge is 0.276 e. The van der Waals surface area contributed by atoms with Crippen LogP contribution in [0.25, 0.3) is 0 Å². The number of rotatable bonds is 6. The minimum atomic E-state index is -0.122. The highest BCUT2D eigenvalue weighted by atomic mass is 35.5. The molecule has 1 aliphatic heterocycles. The van der Waals surface area contributed by atoms with Crippen molar-refractivity contribution in [3.05, 3.63) is 45.8 Å². The highest BCUT2D eigenvalue weighted by Crippen LogP contribution is 2.33. The van der Waals surface area contributed by atoms with Crippen LogP contribution in [0, 0.1) is 0 Å². The van der Waals surface area contributed by atoms with Crippen molar-refractivity contribution >= 4 is 29.1 Å². The average Bonchev–Trinajstić information content (AvgIpc) is 3.24. The lowest BCUT2D eigenvalue weighted by molar-refractivity contribution is 0.0726. The van der Waals surface area contributed by atoms with E-state index < -0.39 is 0 Å². The number of nitrogens with one attached hydrogen (secondary N) is 1. The third-order valence-electron chi connectivity index (χ3n) is 4.13. The Hall–Kier alpha value is -1.76. The highest BCUT2D eigenvalue weighted by Gasteiger charge is 2.30. The number of carbonyl (C=O) groups is 1. The Labute approximate surface area is 156 Å². The summed E-state index contributed by atoms with van der Waals surface area (Å²) in [6, 6.07) is 6.90. The van der Waals surface area contributed by atoms with Crippen LogP contribution in [-0.2, 0) is 6.61 Å². The van der Waals surface area contributed by atoms with Gasteiger partial charge in [-0.2, -0.15) is 0 Å². The first kappa shape index (κ1) is 18.0. The summed E-state index contributed by atoms with van der Waals surface area (Å²) in [4.78, 5) is 14.5. The number of likely N-dealkylation sites (tertiary alicyclic amines) is 1. The molecule has 1 N–H and O–H groups in total. The Kier molecular flexibility index (Phi) is 5.83. The number of hydrogen-bond acceptors (Lipinski definition) is 5. The first-order valence-corrected chi connectivity index (χ1v) is 8.83. The van der Waals surface area contributed by atoms with Crippen molar-refractivity contribution < 1.29 is 14.1 Å². The van der Waals surface area contributed by atoms with Crippen molar-refractivity contribution in [1.82, 2.24) is 15.4 Å². The van der Waals surface area contributed by atoms with Crippen molar-refractivity contribution in [3.63, 3.8) is 0 Å². The lowest BCUT2D eigenvalue weighted by Crippen LogP contribution is -2.40. The third kappa shape index (κ3) is 4.08. The number of hydrogen-bond donors (Lipinski definition) is 1. The van der Waals surface area contributed by atoms with E-state index >= 15 is 0 Å². The molecule has 0 spiro atoms. The topological polar surface area (TPSA) is 67.6 Å². The van der Waals surface area contributed by atoms with Gasteiger partial charge in [0.15, 0.2) is 17.2 Å². The number of para-hydroxylation sites is 1. The fourth-order valence-corrected chi connectivity index (χ4v) is 3.45. The minimum absolute atomic E-state index is 0.0870. The highest BCUT2D eigenvalue weighted by molar-refractivity contribution is 6.37. The molecule has 1 amide bonds. The van der Waals surface area contributed by atoms with E-state index in [-0.39, 0.29) is 24.2 Å². The Morgan fingerprint density at radius 3 is 2.92 bits per heavy atom. The first-order chi connectivity index (χ1) is 12.1. The average molecular weight is 384 g/mol. The lowest BCUT2D eigenvalue weighted by atomic mass is 10.2. The molecule has 0 bridgehead atoms. The van der Waals surface area contributed by atoms with Gasteiger partial charge in [-0.25, -0.2) is 0 Å². The standard InChI is InChI=1S/C17H19Cl2N3O3/c1-20-9-11-4-3-7-22(11)17(23)15-8-12(25-21-15)10-24-16-13(18)5-2-6-14(16)19/h2,5-6,8,11,20H,3-4,7,9-10H2,1H3. The van der Waals surface area contributed by atoms with Gasteiger partial charge in [-0.3, -0.25) is 4.79 Å². The molecule has 134 valence electrons. The van der Waals surface area contributed by atoms with Crippen molar-refractivity contribution in [2.75, 3.05) is 20.1 Å². The molecule has 1 aromatic carbocycles. The SMILES string of the molecule is CNCC1CCCN1C(=O)c1cc(COc2c(Cl)cccc2Cl)on1. The van der Waals surface area contributed by atoms with Crippen LogP contribution in [0.2, 0.25) is 10.0 Å². The first-order valence-electron chi connectivity index (χ1n) is 8.08. The molecule has 1 aromatic heterocycles. The van der Waals surface area contributed by atoms with Gasteiger partial charge in [0.25, 0.3) is 5.91 Å². The zero-order valence-electron chi connectivity index (χ0n) is 13.8. The molecule has 25 heavy (non-hydrogen) atoms. The zero-order chi connectivity index (χ0) is 17.8. The van der Waals surface area contributed by atoms with Gasteiger partial charge >= 0.3 is 0 Å². The van der Waals surface area contributed by atoms with Crippen molar-refractivity contribution in [2.24, 2.45) is 0 Å². The van der Waals surface area contributed by atoms with Crippen LogP contribution >= 0.6 is 23.2 Å². The van der Waals surface area contributed by atoms with Gasteiger partial charge in [0.05, 0.1) is 10.0 Å². The summed E-state index contributed by atoms with van der Waals surface area (Å²) in [5.41, 5.74) is 0.284. The summed E-state index contributed by atoms with van der Waals surface area (Å²) in [6.07, 6.45) is 1.99. The number of likely N-dealkylation sites (N-methyl/N-ethyl adjacent to an activating group) is 1. The molecule has 1 atom stereocenters. The third-order valence-corrected chi connectivity index (χ3v) is 4.73. The predicted molar refractivity (Wildman–Crippen MR) is 95.3 cm³/mol. The van der Waals surface area contributed by atoms with E-state index in [0.717, 1.165) is 25.9 Å². The summed E-state index contributed by atoms with van der Waals surface area (Å²) in [5.74, 6) is 0.691. The van der Waals surface area contributed by atoms with Crippen LogP contribution in [-0.4, -0.2) is 42.1 Å². The Morgan fingerprint density at radius 1 is 1.44 bits per heavy atom. The second-order valence-electron chi connectivity index (χ2n) is 5.87. The van der Waals surface area contributed by atoms with Crippen LogP contribution in [0.1, 0.15) is 29.1 Å². The molecule has 1 aliphatic rings. The van der Waals surface area contributed by atoms with E-state index in [9.17, 15) is 4.79 Å². The van der Waals surface area contributed by atoms with Gasteiger partial charge in [-0.1, -0.05) is 34.4 Å². The molecular formula is C17H19Cl2N3O3. The molecule has 8 heteroatoms. The van der Waals surface area contributed by atoms with E-state index in [2.05, 4.69) is 10.5 Å². The molecule has 1 saturated heterocycles. The molecule has 2 aromatic rings. The maximum atomic E-state index is 12.6. The van der Waals surface area contributed by atoms with E-state index in [1.165, 1.54) is 0 Å². The number of nitrogens with zero attached hydrogens (tertiary/aromatic N) is 2. The van der Waals surface area contributed by atoms with E-state index in [4.69, 9.17) is 32.5 Å². The Morgan fingerprint density at radius 2 is 2.20 bits per heavy atom. The van der Waals surface area contributed by atoms with Gasteiger partial charge < -0.3 is 19.5 Å². The Bertz CT molecular complexity index is 730. The van der Waals surface area contributed by atoms with Gasteiger partial charge in [0, 0.05) is 25.2 Å². The summed E-state index contributed by atoms with van der Waals surface area (Å²) in [6.45, 7) is 1.59. The summed E-state index contributed by atoms with van der Waals surface area (Å²) < 4.78 is 10.8. The molecule has 1 unspecified atom stereocenters. The van der Waals surface area contributed by atoms with Crippen molar-refractivity contribution in [3.8, 4) is 5.75 Å². The molecular weight excluding hydrogens is 365 g/mol. The maximum absolute atomic E-state index is 12.6. The molecule has 3 rings (SSSR count). The van der Waals surface area contributed by atoms with E-state index in [1.54, 1.807) is 24.3 Å².